The molecule has 2 atom stereocenters. The van der Waals surface area contributed by atoms with Crippen molar-refractivity contribution < 1.29 is 4.74 Å². The maximum absolute atomic E-state index is 5.58. The molecule has 0 bridgehead atoms. The van der Waals surface area contributed by atoms with Crippen LogP contribution in [0.2, 0.25) is 0 Å². The van der Waals surface area contributed by atoms with Crippen LogP contribution in [0.25, 0.3) is 0 Å². The Hall–Kier alpha value is -0.980. The summed E-state index contributed by atoms with van der Waals surface area (Å²) in [5.74, 6) is 2.70. The van der Waals surface area contributed by atoms with Gasteiger partial charge in [-0.25, -0.2) is 4.98 Å². The number of piperidine rings is 1. The van der Waals surface area contributed by atoms with Gasteiger partial charge in [-0.3, -0.25) is 10.00 Å². The second-order valence-electron chi connectivity index (χ2n) is 6.91. The van der Waals surface area contributed by atoms with Crippen LogP contribution in [0.3, 0.4) is 0 Å². The second kappa shape index (κ2) is 7.06. The summed E-state index contributed by atoms with van der Waals surface area (Å²) >= 11 is 0. The summed E-state index contributed by atoms with van der Waals surface area (Å²) in [7, 11) is 1.81. The molecule has 6 nitrogen and oxygen atoms in total. The van der Waals surface area contributed by atoms with Gasteiger partial charge >= 0.3 is 0 Å². The Bertz CT molecular complexity index is 469. The lowest BCUT2D eigenvalue weighted by molar-refractivity contribution is 0.104. The Morgan fingerprint density at radius 2 is 2.05 bits per heavy atom. The number of methoxy groups -OCH3 is 1. The monoisotopic (exact) mass is 307 g/mol. The zero-order valence-electron chi connectivity index (χ0n) is 14.1. The van der Waals surface area contributed by atoms with Gasteiger partial charge in [0.25, 0.3) is 0 Å². The average Bonchev–Trinajstić information content (AvgIpc) is 3.12. The second-order valence-corrected chi connectivity index (χ2v) is 6.91. The third-order valence-electron chi connectivity index (χ3n) is 5.19. The SMILES string of the molecule is CO[C@@H]1C[C@@H](c2n[nH]c(C)n2)N(CCN2CCC(C)CC2)C1. The Morgan fingerprint density at radius 3 is 2.68 bits per heavy atom. The van der Waals surface area contributed by atoms with Crippen LogP contribution in [0.1, 0.15) is 43.9 Å². The van der Waals surface area contributed by atoms with Crippen molar-refractivity contribution in [1.82, 2.24) is 25.0 Å². The number of hydrogen-bond donors (Lipinski definition) is 1. The van der Waals surface area contributed by atoms with E-state index in [0.29, 0.717) is 12.1 Å². The molecule has 0 aliphatic carbocycles. The van der Waals surface area contributed by atoms with E-state index in [1.807, 2.05) is 6.92 Å². The topological polar surface area (TPSA) is 57.3 Å². The number of hydrogen-bond acceptors (Lipinski definition) is 5. The fraction of sp³-hybridized carbons (Fsp3) is 0.875. The summed E-state index contributed by atoms with van der Waals surface area (Å²) in [6.07, 6.45) is 3.96. The van der Waals surface area contributed by atoms with Crippen LogP contribution in [0.4, 0.5) is 0 Å². The van der Waals surface area contributed by atoms with E-state index < -0.39 is 0 Å². The lowest BCUT2D eigenvalue weighted by Crippen LogP contribution is -2.39. The number of nitrogens with one attached hydrogen (secondary N) is 1. The van der Waals surface area contributed by atoms with Gasteiger partial charge in [0.1, 0.15) is 5.82 Å². The van der Waals surface area contributed by atoms with Crippen LogP contribution >= 0.6 is 0 Å². The van der Waals surface area contributed by atoms with Crippen molar-refractivity contribution in [2.75, 3.05) is 39.8 Å². The van der Waals surface area contributed by atoms with Gasteiger partial charge in [-0.2, -0.15) is 5.10 Å². The van der Waals surface area contributed by atoms with Crippen LogP contribution in [0, 0.1) is 12.8 Å². The Morgan fingerprint density at radius 1 is 1.27 bits per heavy atom. The molecule has 3 rings (SSSR count). The maximum Gasteiger partial charge on any atom is 0.167 e. The van der Waals surface area contributed by atoms with Crippen molar-refractivity contribution in [3.8, 4) is 0 Å². The van der Waals surface area contributed by atoms with E-state index in [2.05, 4.69) is 31.9 Å². The number of likely N-dealkylation sites (tertiary alicyclic amines) is 2. The first-order valence-electron chi connectivity index (χ1n) is 8.53. The molecule has 0 aromatic carbocycles. The molecule has 2 aliphatic rings. The number of H-pyrrole nitrogens is 1. The van der Waals surface area contributed by atoms with Gasteiger partial charge < -0.3 is 9.64 Å². The van der Waals surface area contributed by atoms with Crippen molar-refractivity contribution in [3.05, 3.63) is 11.6 Å². The number of rotatable bonds is 5. The van der Waals surface area contributed by atoms with Crippen molar-refractivity contribution >= 4 is 0 Å². The number of aromatic amines is 1. The molecule has 1 N–H and O–H groups in total. The van der Waals surface area contributed by atoms with Crippen molar-refractivity contribution in [2.45, 2.75) is 45.3 Å². The van der Waals surface area contributed by atoms with Crippen molar-refractivity contribution in [1.29, 1.82) is 0 Å². The molecule has 1 aromatic heterocycles. The molecule has 124 valence electrons. The Labute approximate surface area is 133 Å². The van der Waals surface area contributed by atoms with Crippen molar-refractivity contribution in [2.24, 2.45) is 5.92 Å². The van der Waals surface area contributed by atoms with E-state index in [-0.39, 0.29) is 0 Å². The number of ether oxygens (including phenoxy) is 1. The number of aryl methyl sites for hydroxylation is 1. The third-order valence-corrected chi connectivity index (χ3v) is 5.19. The summed E-state index contributed by atoms with van der Waals surface area (Å²) in [6, 6.07) is 0.290. The predicted molar refractivity (Wildman–Crippen MR) is 85.7 cm³/mol. The quantitative estimate of drug-likeness (QED) is 0.895. The van der Waals surface area contributed by atoms with E-state index in [0.717, 1.165) is 43.6 Å². The fourth-order valence-corrected chi connectivity index (χ4v) is 3.61. The smallest absolute Gasteiger partial charge is 0.167 e. The molecule has 0 amide bonds. The zero-order valence-corrected chi connectivity index (χ0v) is 14.1. The molecule has 1 aromatic rings. The minimum atomic E-state index is 0.290. The molecule has 0 radical (unpaired) electrons. The van der Waals surface area contributed by atoms with E-state index in [1.165, 1.54) is 25.9 Å². The van der Waals surface area contributed by atoms with E-state index in [4.69, 9.17) is 4.74 Å². The zero-order chi connectivity index (χ0) is 15.5. The van der Waals surface area contributed by atoms with Crippen LogP contribution in [0.5, 0.6) is 0 Å². The number of aromatic nitrogens is 3. The van der Waals surface area contributed by atoms with Crippen molar-refractivity contribution in [3.63, 3.8) is 0 Å². The van der Waals surface area contributed by atoms with E-state index in [9.17, 15) is 0 Å². The fourth-order valence-electron chi connectivity index (χ4n) is 3.61. The minimum Gasteiger partial charge on any atom is -0.380 e. The first kappa shape index (κ1) is 15.9. The molecule has 0 spiro atoms. The largest absolute Gasteiger partial charge is 0.380 e. The van der Waals surface area contributed by atoms with Gasteiger partial charge in [-0.15, -0.1) is 0 Å². The molecule has 3 heterocycles. The normalized spacial score (nSPS) is 28.5. The molecule has 0 saturated carbocycles. The molecule has 2 fully saturated rings. The first-order valence-corrected chi connectivity index (χ1v) is 8.53. The highest BCUT2D eigenvalue weighted by atomic mass is 16.5. The van der Waals surface area contributed by atoms with Gasteiger partial charge in [0.2, 0.25) is 0 Å². The van der Waals surface area contributed by atoms with E-state index in [1.54, 1.807) is 7.11 Å². The van der Waals surface area contributed by atoms with E-state index >= 15 is 0 Å². The molecule has 22 heavy (non-hydrogen) atoms. The lowest BCUT2D eigenvalue weighted by Gasteiger charge is -2.32. The predicted octanol–water partition coefficient (Wildman–Crippen LogP) is 1.61. The highest BCUT2D eigenvalue weighted by Crippen LogP contribution is 2.31. The summed E-state index contributed by atoms with van der Waals surface area (Å²) in [5, 5.41) is 7.34. The summed E-state index contributed by atoms with van der Waals surface area (Å²) in [5.41, 5.74) is 0. The van der Waals surface area contributed by atoms with Gasteiger partial charge in [-0.05, 0) is 45.2 Å². The van der Waals surface area contributed by atoms with Gasteiger partial charge in [0.05, 0.1) is 12.1 Å². The average molecular weight is 307 g/mol. The molecule has 6 heteroatoms. The Kier molecular flexibility index (Phi) is 5.10. The molecule has 2 aliphatic heterocycles. The molecular weight excluding hydrogens is 278 g/mol. The summed E-state index contributed by atoms with van der Waals surface area (Å²) in [6.45, 7) is 10.0. The van der Waals surface area contributed by atoms with Crippen LogP contribution < -0.4 is 0 Å². The van der Waals surface area contributed by atoms with Crippen LogP contribution in [-0.2, 0) is 4.74 Å². The first-order chi connectivity index (χ1) is 10.7. The highest BCUT2D eigenvalue weighted by molar-refractivity contribution is 5.01. The molecular formula is C16H29N5O. The van der Waals surface area contributed by atoms with Crippen LogP contribution in [-0.4, -0.2) is 70.9 Å². The maximum atomic E-state index is 5.58. The van der Waals surface area contributed by atoms with Crippen LogP contribution in [0.15, 0.2) is 0 Å². The molecule has 2 saturated heterocycles. The number of nitrogens with zero attached hydrogens (tertiary/aromatic N) is 4. The van der Waals surface area contributed by atoms with Gasteiger partial charge in [0, 0.05) is 26.7 Å². The third kappa shape index (κ3) is 3.67. The summed E-state index contributed by atoms with van der Waals surface area (Å²) < 4.78 is 5.58. The standard InChI is InChI=1S/C16H29N5O/c1-12-4-6-20(7-5-12)8-9-21-11-14(22-3)10-15(21)16-17-13(2)18-19-16/h12,14-15H,4-11H2,1-3H3,(H,17,18,19)/t14-,15+/m1/s1. The van der Waals surface area contributed by atoms with Gasteiger partial charge in [-0.1, -0.05) is 6.92 Å². The lowest BCUT2D eigenvalue weighted by atomic mass is 9.99. The van der Waals surface area contributed by atoms with Gasteiger partial charge in [0.15, 0.2) is 5.82 Å². The molecule has 0 unspecified atom stereocenters. The highest BCUT2D eigenvalue weighted by Gasteiger charge is 2.35. The minimum absolute atomic E-state index is 0.290. The Balaban J connectivity index is 1.57. The summed E-state index contributed by atoms with van der Waals surface area (Å²) in [4.78, 5) is 9.63.